The molecule has 9 heteroatoms. The fraction of sp³-hybridized carbons (Fsp3) is 0.579. The monoisotopic (exact) mass is 449 g/mol. The molecule has 156 valence electrons. The van der Waals surface area contributed by atoms with Crippen LogP contribution in [0.25, 0.3) is 11.1 Å². The topological polar surface area (TPSA) is 81.6 Å². The average Bonchev–Trinajstić information content (AvgIpc) is 3.11. The van der Waals surface area contributed by atoms with Gasteiger partial charge in [0.25, 0.3) is 0 Å². The SMILES string of the molecule is Cl.Cl.NC(C(=O)N1CCC(c2nc3cc(Cl)ccc3o2)CC1)C1CCOCC1. The minimum Gasteiger partial charge on any atom is -0.440 e. The van der Waals surface area contributed by atoms with Crippen LogP contribution < -0.4 is 5.73 Å². The second-order valence-corrected chi connectivity index (χ2v) is 7.68. The van der Waals surface area contributed by atoms with E-state index in [-0.39, 0.29) is 42.6 Å². The van der Waals surface area contributed by atoms with Crippen LogP contribution in [0.4, 0.5) is 0 Å². The van der Waals surface area contributed by atoms with Crippen LogP contribution in [0.5, 0.6) is 0 Å². The summed E-state index contributed by atoms with van der Waals surface area (Å²) in [6.45, 7) is 2.80. The zero-order chi connectivity index (χ0) is 18.1. The van der Waals surface area contributed by atoms with Gasteiger partial charge in [-0.1, -0.05) is 11.6 Å². The van der Waals surface area contributed by atoms with E-state index in [0.717, 1.165) is 42.7 Å². The van der Waals surface area contributed by atoms with Crippen LogP contribution in [-0.2, 0) is 9.53 Å². The summed E-state index contributed by atoms with van der Waals surface area (Å²) in [6.07, 6.45) is 3.42. The molecule has 0 radical (unpaired) electrons. The zero-order valence-corrected chi connectivity index (χ0v) is 17.9. The van der Waals surface area contributed by atoms with E-state index in [2.05, 4.69) is 4.98 Å². The highest BCUT2D eigenvalue weighted by atomic mass is 35.5. The number of amides is 1. The minimum absolute atomic E-state index is 0. The number of fused-ring (bicyclic) bond motifs is 1. The lowest BCUT2D eigenvalue weighted by atomic mass is 9.90. The Balaban J connectivity index is 0.00000140. The lowest BCUT2D eigenvalue weighted by Crippen LogP contribution is -2.51. The number of piperidine rings is 1. The zero-order valence-electron chi connectivity index (χ0n) is 15.5. The van der Waals surface area contributed by atoms with Crippen LogP contribution >= 0.6 is 36.4 Å². The van der Waals surface area contributed by atoms with Gasteiger partial charge in [0.1, 0.15) is 5.52 Å². The largest absolute Gasteiger partial charge is 0.440 e. The van der Waals surface area contributed by atoms with Crippen molar-refractivity contribution in [3.63, 3.8) is 0 Å². The van der Waals surface area contributed by atoms with Crippen molar-refractivity contribution in [1.29, 1.82) is 0 Å². The number of carbonyl (C=O) groups is 1. The molecule has 1 amide bonds. The molecule has 2 N–H and O–H groups in total. The molecule has 2 aliphatic rings. The van der Waals surface area contributed by atoms with E-state index in [1.165, 1.54) is 0 Å². The number of hydrogen-bond acceptors (Lipinski definition) is 5. The molecule has 0 aliphatic carbocycles. The van der Waals surface area contributed by atoms with Crippen molar-refractivity contribution in [2.45, 2.75) is 37.6 Å². The van der Waals surface area contributed by atoms with Crippen molar-refractivity contribution < 1.29 is 13.9 Å². The quantitative estimate of drug-likeness (QED) is 0.769. The molecule has 6 nitrogen and oxygen atoms in total. The first kappa shape index (κ1) is 23.2. The molecule has 1 aromatic carbocycles. The van der Waals surface area contributed by atoms with Crippen molar-refractivity contribution in [3.05, 3.63) is 29.1 Å². The highest BCUT2D eigenvalue weighted by molar-refractivity contribution is 6.31. The second-order valence-electron chi connectivity index (χ2n) is 7.24. The smallest absolute Gasteiger partial charge is 0.239 e. The highest BCUT2D eigenvalue weighted by Gasteiger charge is 2.33. The summed E-state index contributed by atoms with van der Waals surface area (Å²) in [5, 5.41) is 0.653. The van der Waals surface area contributed by atoms with E-state index in [9.17, 15) is 4.79 Å². The maximum atomic E-state index is 12.7. The molecule has 1 aromatic heterocycles. The molecule has 2 saturated heterocycles. The van der Waals surface area contributed by atoms with Crippen molar-refractivity contribution >= 4 is 53.4 Å². The van der Waals surface area contributed by atoms with Crippen LogP contribution in [0.3, 0.4) is 0 Å². The summed E-state index contributed by atoms with van der Waals surface area (Å²) in [7, 11) is 0. The molecular weight excluding hydrogens is 425 g/mol. The van der Waals surface area contributed by atoms with E-state index in [1.807, 2.05) is 17.0 Å². The molecule has 0 bridgehead atoms. The second kappa shape index (κ2) is 10.1. The number of hydrogen-bond donors (Lipinski definition) is 1. The van der Waals surface area contributed by atoms with Gasteiger partial charge in [-0.25, -0.2) is 4.98 Å². The van der Waals surface area contributed by atoms with Gasteiger partial charge < -0.3 is 19.8 Å². The predicted molar refractivity (Wildman–Crippen MR) is 114 cm³/mol. The third-order valence-electron chi connectivity index (χ3n) is 5.58. The first-order valence-electron chi connectivity index (χ1n) is 9.30. The van der Waals surface area contributed by atoms with Gasteiger partial charge in [-0.2, -0.15) is 0 Å². The third kappa shape index (κ3) is 4.92. The van der Waals surface area contributed by atoms with E-state index in [1.54, 1.807) is 6.07 Å². The van der Waals surface area contributed by atoms with Crippen molar-refractivity contribution in [2.24, 2.45) is 11.7 Å². The Morgan fingerprint density at radius 3 is 2.54 bits per heavy atom. The molecule has 2 fully saturated rings. The summed E-state index contributed by atoms with van der Waals surface area (Å²) in [5.74, 6) is 1.27. The van der Waals surface area contributed by atoms with Gasteiger partial charge in [-0.3, -0.25) is 4.79 Å². The molecular formula is C19H26Cl3N3O3. The van der Waals surface area contributed by atoms with Crippen LogP contribution in [0.15, 0.2) is 22.6 Å². The molecule has 3 heterocycles. The number of likely N-dealkylation sites (tertiary alicyclic amines) is 1. The van der Waals surface area contributed by atoms with Gasteiger partial charge >= 0.3 is 0 Å². The van der Waals surface area contributed by atoms with Gasteiger partial charge in [-0.05, 0) is 49.8 Å². The number of carbonyl (C=O) groups excluding carboxylic acids is 1. The fourth-order valence-corrected chi connectivity index (χ4v) is 4.09. The van der Waals surface area contributed by atoms with Crippen molar-refractivity contribution in [2.75, 3.05) is 26.3 Å². The Morgan fingerprint density at radius 2 is 1.86 bits per heavy atom. The highest BCUT2D eigenvalue weighted by Crippen LogP contribution is 2.31. The van der Waals surface area contributed by atoms with Crippen LogP contribution in [0, 0.1) is 5.92 Å². The number of benzene rings is 1. The Kier molecular flexibility index (Phi) is 8.40. The Bertz CT molecular complexity index is 787. The Morgan fingerprint density at radius 1 is 1.18 bits per heavy atom. The summed E-state index contributed by atoms with van der Waals surface area (Å²) in [5.41, 5.74) is 7.78. The molecule has 4 rings (SSSR count). The van der Waals surface area contributed by atoms with Gasteiger partial charge in [0.15, 0.2) is 11.5 Å². The first-order chi connectivity index (χ1) is 12.6. The molecule has 1 atom stereocenters. The minimum atomic E-state index is -0.415. The van der Waals surface area contributed by atoms with E-state index in [0.29, 0.717) is 31.3 Å². The van der Waals surface area contributed by atoms with Crippen molar-refractivity contribution in [3.8, 4) is 0 Å². The maximum absolute atomic E-state index is 12.7. The number of ether oxygens (including phenoxy) is 1. The fourth-order valence-electron chi connectivity index (χ4n) is 3.93. The third-order valence-corrected chi connectivity index (χ3v) is 5.82. The molecule has 2 aromatic rings. The predicted octanol–water partition coefficient (Wildman–Crippen LogP) is 3.78. The van der Waals surface area contributed by atoms with Gasteiger partial charge in [0.2, 0.25) is 5.91 Å². The molecule has 0 saturated carbocycles. The van der Waals surface area contributed by atoms with Gasteiger partial charge in [0.05, 0.1) is 6.04 Å². The number of halogens is 3. The van der Waals surface area contributed by atoms with Gasteiger partial charge in [0, 0.05) is 37.2 Å². The number of nitrogens with two attached hydrogens (primary N) is 1. The maximum Gasteiger partial charge on any atom is 0.239 e. The van der Waals surface area contributed by atoms with Gasteiger partial charge in [-0.15, -0.1) is 24.8 Å². The Labute approximate surface area is 181 Å². The summed E-state index contributed by atoms with van der Waals surface area (Å²) >= 11 is 6.02. The number of aromatic nitrogens is 1. The molecule has 0 spiro atoms. The van der Waals surface area contributed by atoms with Crippen LogP contribution in [0.1, 0.15) is 37.5 Å². The summed E-state index contributed by atoms with van der Waals surface area (Å²) in [4.78, 5) is 19.2. The first-order valence-corrected chi connectivity index (χ1v) is 9.67. The molecule has 28 heavy (non-hydrogen) atoms. The number of oxazole rings is 1. The summed E-state index contributed by atoms with van der Waals surface area (Å²) in [6, 6.07) is 5.05. The van der Waals surface area contributed by atoms with Crippen LogP contribution in [0.2, 0.25) is 5.02 Å². The molecule has 1 unspecified atom stereocenters. The number of rotatable bonds is 3. The lowest BCUT2D eigenvalue weighted by molar-refractivity contribution is -0.135. The van der Waals surface area contributed by atoms with Crippen molar-refractivity contribution in [1.82, 2.24) is 9.88 Å². The van der Waals surface area contributed by atoms with E-state index < -0.39 is 6.04 Å². The normalized spacial score (nSPS) is 19.7. The molecule has 2 aliphatic heterocycles. The lowest BCUT2D eigenvalue weighted by Gasteiger charge is -2.35. The van der Waals surface area contributed by atoms with E-state index in [4.69, 9.17) is 26.5 Å². The number of nitrogens with zero attached hydrogens (tertiary/aromatic N) is 2. The Hall–Kier alpha value is -1.05. The van der Waals surface area contributed by atoms with Crippen LogP contribution in [-0.4, -0.2) is 48.1 Å². The average molecular weight is 451 g/mol. The standard InChI is InChI=1S/C19H24ClN3O3.2ClH/c20-14-1-2-16-15(11-14)22-18(26-16)13-3-7-23(8-4-13)19(24)17(21)12-5-9-25-10-6-12;;/h1-2,11-13,17H,3-10,21H2;2*1H. The van der Waals surface area contributed by atoms with E-state index >= 15 is 0 Å². The summed E-state index contributed by atoms with van der Waals surface area (Å²) < 4.78 is 11.3.